The molecule has 0 amide bonds. The molecule has 0 N–H and O–H groups in total. The normalized spacial score (nSPS) is 9.76. The molecule has 1 aromatic heterocycles. The maximum atomic E-state index is 11.2. The maximum absolute atomic E-state index is 11.2. The predicted molar refractivity (Wildman–Crippen MR) is 60.7 cm³/mol. The van der Waals surface area contributed by atoms with E-state index >= 15 is 0 Å². The highest BCUT2D eigenvalue weighted by molar-refractivity contribution is 7.99. The van der Waals surface area contributed by atoms with Crippen LogP contribution in [-0.4, -0.2) is 41.4 Å². The van der Waals surface area contributed by atoms with E-state index in [4.69, 9.17) is 4.74 Å². The Morgan fingerprint density at radius 2 is 2.18 bits per heavy atom. The van der Waals surface area contributed by atoms with Crippen LogP contribution in [0.5, 0.6) is 0 Å². The minimum Gasteiger partial charge on any atom is -0.465 e. The van der Waals surface area contributed by atoms with Crippen LogP contribution in [0.4, 0.5) is 0 Å². The molecule has 0 fully saturated rings. The van der Waals surface area contributed by atoms with Crippen LogP contribution in [0.25, 0.3) is 0 Å². The fourth-order valence-corrected chi connectivity index (χ4v) is 1.60. The fraction of sp³-hybridized carbons (Fsp3) is 0.400. The molecule has 0 aromatic carbocycles. The van der Waals surface area contributed by atoms with E-state index in [1.807, 2.05) is 0 Å². The Kier molecular flexibility index (Phi) is 5.41. The van der Waals surface area contributed by atoms with Gasteiger partial charge in [0.15, 0.2) is 5.69 Å². The van der Waals surface area contributed by atoms with Gasteiger partial charge in [0, 0.05) is 0 Å². The first-order valence-corrected chi connectivity index (χ1v) is 5.84. The average Bonchev–Trinajstić information content (AvgIpc) is 2.36. The zero-order valence-corrected chi connectivity index (χ0v) is 10.3. The number of ether oxygens (including phenoxy) is 2. The third-order valence-electron chi connectivity index (χ3n) is 1.65. The van der Waals surface area contributed by atoms with E-state index in [9.17, 15) is 9.59 Å². The Labute approximate surface area is 103 Å². The summed E-state index contributed by atoms with van der Waals surface area (Å²) in [5.74, 6) is -0.758. The standard InChI is InChI=1S/C10H12N2O4S/c1-3-16-9(13)6-17-8-5-11-4-7(12-8)10(14)15-2/h4-5H,3,6H2,1-2H3. The van der Waals surface area contributed by atoms with Gasteiger partial charge in [-0.15, -0.1) is 0 Å². The molecular formula is C10H12N2O4S. The molecular weight excluding hydrogens is 244 g/mol. The van der Waals surface area contributed by atoms with E-state index in [0.29, 0.717) is 11.6 Å². The smallest absolute Gasteiger partial charge is 0.358 e. The van der Waals surface area contributed by atoms with Crippen molar-refractivity contribution in [3.05, 3.63) is 18.1 Å². The molecule has 0 atom stereocenters. The minimum absolute atomic E-state index is 0.112. The molecule has 1 heterocycles. The van der Waals surface area contributed by atoms with E-state index in [0.717, 1.165) is 11.8 Å². The van der Waals surface area contributed by atoms with Crippen molar-refractivity contribution in [3.8, 4) is 0 Å². The van der Waals surface area contributed by atoms with Gasteiger partial charge in [-0.05, 0) is 6.92 Å². The Bertz CT molecular complexity index is 411. The number of aromatic nitrogens is 2. The van der Waals surface area contributed by atoms with Gasteiger partial charge in [-0.1, -0.05) is 11.8 Å². The van der Waals surface area contributed by atoms with E-state index in [1.165, 1.54) is 19.5 Å². The van der Waals surface area contributed by atoms with Crippen LogP contribution in [0.2, 0.25) is 0 Å². The van der Waals surface area contributed by atoms with E-state index in [2.05, 4.69) is 14.7 Å². The summed E-state index contributed by atoms with van der Waals surface area (Å²) in [4.78, 5) is 30.1. The lowest BCUT2D eigenvalue weighted by molar-refractivity contribution is -0.139. The Hall–Kier alpha value is -1.63. The van der Waals surface area contributed by atoms with Crippen LogP contribution >= 0.6 is 11.8 Å². The topological polar surface area (TPSA) is 78.4 Å². The van der Waals surface area contributed by atoms with Crippen molar-refractivity contribution < 1.29 is 19.1 Å². The first-order chi connectivity index (χ1) is 8.17. The van der Waals surface area contributed by atoms with Crippen molar-refractivity contribution in [1.82, 2.24) is 9.97 Å². The maximum Gasteiger partial charge on any atom is 0.358 e. The summed E-state index contributed by atoms with van der Waals surface area (Å²) in [5.41, 5.74) is 0.112. The van der Waals surface area contributed by atoms with E-state index in [1.54, 1.807) is 6.92 Å². The lowest BCUT2D eigenvalue weighted by atomic mass is 10.5. The molecule has 0 saturated heterocycles. The monoisotopic (exact) mass is 256 g/mol. The van der Waals surface area contributed by atoms with Gasteiger partial charge in [-0.25, -0.2) is 9.78 Å². The molecule has 0 aliphatic rings. The zero-order chi connectivity index (χ0) is 12.7. The van der Waals surface area contributed by atoms with Gasteiger partial charge in [0.05, 0.1) is 31.9 Å². The molecule has 0 unspecified atom stereocenters. The zero-order valence-electron chi connectivity index (χ0n) is 9.50. The van der Waals surface area contributed by atoms with E-state index in [-0.39, 0.29) is 17.4 Å². The number of methoxy groups -OCH3 is 1. The number of hydrogen-bond donors (Lipinski definition) is 0. The van der Waals surface area contributed by atoms with Gasteiger partial charge in [0.1, 0.15) is 5.03 Å². The molecule has 0 saturated carbocycles. The Morgan fingerprint density at radius 3 is 2.82 bits per heavy atom. The highest BCUT2D eigenvalue weighted by atomic mass is 32.2. The Balaban J connectivity index is 2.60. The van der Waals surface area contributed by atoms with Crippen molar-refractivity contribution in [2.24, 2.45) is 0 Å². The van der Waals surface area contributed by atoms with Gasteiger partial charge in [0.2, 0.25) is 0 Å². The molecule has 0 spiro atoms. The lowest BCUT2D eigenvalue weighted by Crippen LogP contribution is -2.08. The second kappa shape index (κ2) is 6.85. The third kappa shape index (κ3) is 4.39. The van der Waals surface area contributed by atoms with Gasteiger partial charge < -0.3 is 9.47 Å². The number of carbonyl (C=O) groups is 2. The van der Waals surface area contributed by atoms with Crippen molar-refractivity contribution in [2.75, 3.05) is 19.5 Å². The van der Waals surface area contributed by atoms with Gasteiger partial charge in [0.25, 0.3) is 0 Å². The fourth-order valence-electron chi connectivity index (χ4n) is 0.956. The SMILES string of the molecule is CCOC(=O)CSc1cncc(C(=O)OC)n1. The van der Waals surface area contributed by atoms with Crippen molar-refractivity contribution in [1.29, 1.82) is 0 Å². The summed E-state index contributed by atoms with van der Waals surface area (Å²) in [5, 5.41) is 0.473. The highest BCUT2D eigenvalue weighted by Crippen LogP contribution is 2.14. The molecule has 17 heavy (non-hydrogen) atoms. The average molecular weight is 256 g/mol. The lowest BCUT2D eigenvalue weighted by Gasteiger charge is -2.02. The first-order valence-electron chi connectivity index (χ1n) is 4.86. The second-order valence-corrected chi connectivity index (χ2v) is 3.82. The molecule has 1 aromatic rings. The molecule has 92 valence electrons. The van der Waals surface area contributed by atoms with Crippen molar-refractivity contribution >= 4 is 23.7 Å². The third-order valence-corrected chi connectivity index (χ3v) is 2.52. The quantitative estimate of drug-likeness (QED) is 0.572. The van der Waals surface area contributed by atoms with Crippen LogP contribution in [-0.2, 0) is 14.3 Å². The Morgan fingerprint density at radius 1 is 1.41 bits per heavy atom. The molecule has 0 bridgehead atoms. The summed E-state index contributed by atoms with van der Waals surface area (Å²) in [6.07, 6.45) is 2.77. The van der Waals surface area contributed by atoms with Crippen LogP contribution < -0.4 is 0 Å². The summed E-state index contributed by atoms with van der Waals surface area (Å²) >= 11 is 1.15. The van der Waals surface area contributed by atoms with Crippen molar-refractivity contribution in [3.63, 3.8) is 0 Å². The van der Waals surface area contributed by atoms with Crippen LogP contribution in [0.1, 0.15) is 17.4 Å². The molecule has 7 heteroatoms. The predicted octanol–water partition coefficient (Wildman–Crippen LogP) is 0.918. The number of hydrogen-bond acceptors (Lipinski definition) is 7. The highest BCUT2D eigenvalue weighted by Gasteiger charge is 2.10. The van der Waals surface area contributed by atoms with Gasteiger partial charge in [-0.2, -0.15) is 0 Å². The number of nitrogens with zero attached hydrogens (tertiary/aromatic N) is 2. The molecule has 0 aliphatic heterocycles. The molecule has 1 rings (SSSR count). The molecule has 0 aliphatic carbocycles. The van der Waals surface area contributed by atoms with E-state index < -0.39 is 5.97 Å². The van der Waals surface area contributed by atoms with Crippen LogP contribution in [0.3, 0.4) is 0 Å². The molecule has 0 radical (unpaired) electrons. The summed E-state index contributed by atoms with van der Waals surface area (Å²) in [6, 6.07) is 0. The van der Waals surface area contributed by atoms with Crippen molar-refractivity contribution in [2.45, 2.75) is 11.9 Å². The molecule has 6 nitrogen and oxygen atoms in total. The van der Waals surface area contributed by atoms with Gasteiger partial charge in [-0.3, -0.25) is 9.78 Å². The number of thioether (sulfide) groups is 1. The summed E-state index contributed by atoms with van der Waals surface area (Å²) in [6.45, 7) is 2.08. The summed E-state index contributed by atoms with van der Waals surface area (Å²) < 4.78 is 9.28. The largest absolute Gasteiger partial charge is 0.465 e. The minimum atomic E-state index is -0.559. The second-order valence-electron chi connectivity index (χ2n) is 2.83. The van der Waals surface area contributed by atoms with Gasteiger partial charge >= 0.3 is 11.9 Å². The number of carbonyl (C=O) groups excluding carboxylic acids is 2. The first kappa shape index (κ1) is 13.4. The van der Waals surface area contributed by atoms with Crippen LogP contribution in [0.15, 0.2) is 17.4 Å². The number of esters is 2. The number of rotatable bonds is 5. The van der Waals surface area contributed by atoms with Crippen LogP contribution in [0, 0.1) is 0 Å². The summed E-state index contributed by atoms with van der Waals surface area (Å²) in [7, 11) is 1.27.